The summed E-state index contributed by atoms with van der Waals surface area (Å²) < 4.78 is 16.3. The predicted octanol–water partition coefficient (Wildman–Crippen LogP) is 0.672. The second-order valence-corrected chi connectivity index (χ2v) is 5.31. The van der Waals surface area contributed by atoms with E-state index in [1.54, 1.807) is 18.2 Å². The van der Waals surface area contributed by atoms with Gasteiger partial charge in [-0.1, -0.05) is 41.9 Å². The molecule has 3 aromatic rings. The van der Waals surface area contributed by atoms with Crippen LogP contribution in [0, 0.1) is 0 Å². The van der Waals surface area contributed by atoms with Gasteiger partial charge in [0.1, 0.15) is 12.6 Å². The molecule has 0 unspecified atom stereocenters. The zero-order valence-electron chi connectivity index (χ0n) is 13.4. The smallest absolute Gasteiger partial charge is 0.542 e. The Balaban J connectivity index is 0.00000225. The number of ether oxygens (including phenoxy) is 2. The van der Waals surface area contributed by atoms with E-state index < -0.39 is 5.97 Å². The molecule has 0 bridgehead atoms. The SMILES string of the molecule is O=C([O-])c1ccc(Oc2cc(Cl)ccc2OCc2ccccc2)o1.[Na+]. The van der Waals surface area contributed by atoms with Crippen molar-refractivity contribution in [2.24, 2.45) is 0 Å². The van der Waals surface area contributed by atoms with E-state index in [1.807, 2.05) is 30.3 Å². The molecule has 0 radical (unpaired) electrons. The van der Waals surface area contributed by atoms with Gasteiger partial charge in [-0.2, -0.15) is 0 Å². The second-order valence-electron chi connectivity index (χ2n) is 4.87. The first-order valence-electron chi connectivity index (χ1n) is 7.07. The number of aromatic carboxylic acids is 1. The molecular formula is C18H12ClNaO5. The minimum absolute atomic E-state index is 0. The number of hydrogen-bond acceptors (Lipinski definition) is 5. The minimum Gasteiger partial charge on any atom is -0.542 e. The monoisotopic (exact) mass is 366 g/mol. The molecule has 0 amide bonds. The number of carboxylic acid groups (broad SMARTS) is 1. The number of carbonyl (C=O) groups is 1. The molecule has 0 aliphatic carbocycles. The van der Waals surface area contributed by atoms with Gasteiger partial charge in [-0.15, -0.1) is 0 Å². The first kappa shape index (κ1) is 19.4. The topological polar surface area (TPSA) is 71.7 Å². The first-order valence-corrected chi connectivity index (χ1v) is 7.45. The molecule has 122 valence electrons. The van der Waals surface area contributed by atoms with Crippen LogP contribution in [0.1, 0.15) is 16.1 Å². The molecule has 0 atom stereocenters. The fourth-order valence-electron chi connectivity index (χ4n) is 2.01. The molecule has 2 aromatic carbocycles. The van der Waals surface area contributed by atoms with Gasteiger partial charge in [0, 0.05) is 17.2 Å². The largest absolute Gasteiger partial charge is 1.00 e. The maximum absolute atomic E-state index is 10.7. The van der Waals surface area contributed by atoms with Gasteiger partial charge in [-0.05, 0) is 23.8 Å². The van der Waals surface area contributed by atoms with E-state index in [1.165, 1.54) is 12.1 Å². The van der Waals surface area contributed by atoms with E-state index in [9.17, 15) is 9.90 Å². The second kappa shape index (κ2) is 8.97. The Bertz CT molecular complexity index is 848. The van der Waals surface area contributed by atoms with Gasteiger partial charge in [-0.25, -0.2) is 0 Å². The van der Waals surface area contributed by atoms with Gasteiger partial charge >= 0.3 is 29.6 Å². The molecule has 3 rings (SSSR count). The maximum Gasteiger partial charge on any atom is 1.00 e. The third-order valence-corrected chi connectivity index (χ3v) is 3.37. The average molecular weight is 367 g/mol. The maximum atomic E-state index is 10.7. The Kier molecular flexibility index (Phi) is 6.96. The van der Waals surface area contributed by atoms with Crippen LogP contribution in [0.5, 0.6) is 17.4 Å². The van der Waals surface area contributed by atoms with Crippen molar-refractivity contribution < 1.29 is 53.3 Å². The normalized spacial score (nSPS) is 9.96. The Morgan fingerprint density at radius 2 is 1.80 bits per heavy atom. The molecule has 25 heavy (non-hydrogen) atoms. The fourth-order valence-corrected chi connectivity index (χ4v) is 2.17. The molecule has 0 aliphatic rings. The molecule has 0 aliphatic heterocycles. The molecule has 7 heteroatoms. The summed E-state index contributed by atoms with van der Waals surface area (Å²) in [4.78, 5) is 10.7. The van der Waals surface area contributed by atoms with Crippen molar-refractivity contribution in [1.29, 1.82) is 0 Å². The molecule has 0 saturated heterocycles. The quantitative estimate of drug-likeness (QED) is 0.600. The van der Waals surface area contributed by atoms with Gasteiger partial charge in [-0.3, -0.25) is 0 Å². The number of furan rings is 1. The van der Waals surface area contributed by atoms with Gasteiger partial charge < -0.3 is 23.8 Å². The Morgan fingerprint density at radius 1 is 1.04 bits per heavy atom. The van der Waals surface area contributed by atoms with Crippen molar-refractivity contribution in [3.05, 3.63) is 77.0 Å². The van der Waals surface area contributed by atoms with Gasteiger partial charge in [0.05, 0.1) is 0 Å². The van der Waals surface area contributed by atoms with Gasteiger partial charge in [0.25, 0.3) is 5.95 Å². The fraction of sp³-hybridized carbons (Fsp3) is 0.0556. The van der Waals surface area contributed by atoms with E-state index in [4.69, 9.17) is 25.5 Å². The van der Waals surface area contributed by atoms with Crippen molar-refractivity contribution in [3.8, 4) is 17.4 Å². The summed E-state index contributed by atoms with van der Waals surface area (Å²) >= 11 is 5.99. The van der Waals surface area contributed by atoms with Crippen LogP contribution in [-0.4, -0.2) is 5.97 Å². The summed E-state index contributed by atoms with van der Waals surface area (Å²) in [5, 5.41) is 11.2. The minimum atomic E-state index is -1.42. The van der Waals surface area contributed by atoms with Gasteiger partial charge in [0.2, 0.25) is 0 Å². The van der Waals surface area contributed by atoms with Crippen LogP contribution in [0.15, 0.2) is 65.1 Å². The van der Waals surface area contributed by atoms with Crippen molar-refractivity contribution in [3.63, 3.8) is 0 Å². The zero-order valence-corrected chi connectivity index (χ0v) is 16.2. The van der Waals surface area contributed by atoms with Crippen molar-refractivity contribution in [2.45, 2.75) is 6.61 Å². The zero-order chi connectivity index (χ0) is 16.9. The molecule has 1 aromatic heterocycles. The van der Waals surface area contributed by atoms with Crippen molar-refractivity contribution in [2.75, 3.05) is 0 Å². The molecular weight excluding hydrogens is 355 g/mol. The number of carbonyl (C=O) groups excluding carboxylic acids is 1. The third kappa shape index (κ3) is 5.28. The number of benzene rings is 2. The summed E-state index contributed by atoms with van der Waals surface area (Å²) in [7, 11) is 0. The number of rotatable bonds is 6. The molecule has 0 N–H and O–H groups in total. The average Bonchev–Trinajstić information content (AvgIpc) is 3.04. The number of halogens is 1. The van der Waals surface area contributed by atoms with E-state index in [0.29, 0.717) is 23.1 Å². The van der Waals surface area contributed by atoms with Crippen molar-refractivity contribution >= 4 is 17.6 Å². The third-order valence-electron chi connectivity index (χ3n) is 3.14. The molecule has 0 saturated carbocycles. The summed E-state index contributed by atoms with van der Waals surface area (Å²) in [5.41, 5.74) is 0.996. The summed E-state index contributed by atoms with van der Waals surface area (Å²) in [6.07, 6.45) is 0. The summed E-state index contributed by atoms with van der Waals surface area (Å²) in [5.74, 6) is -0.969. The van der Waals surface area contributed by atoms with Crippen LogP contribution in [0.4, 0.5) is 0 Å². The van der Waals surface area contributed by atoms with Crippen LogP contribution < -0.4 is 44.1 Å². The molecule has 5 nitrogen and oxygen atoms in total. The number of carboxylic acids is 1. The van der Waals surface area contributed by atoms with Gasteiger partial charge in [0.15, 0.2) is 17.3 Å². The van der Waals surface area contributed by atoms with E-state index in [-0.39, 0.29) is 41.3 Å². The first-order chi connectivity index (χ1) is 11.6. The Labute approximate surface area is 171 Å². The van der Waals surface area contributed by atoms with E-state index >= 15 is 0 Å². The summed E-state index contributed by atoms with van der Waals surface area (Å²) in [6.45, 7) is 0.348. The van der Waals surface area contributed by atoms with Crippen LogP contribution >= 0.6 is 11.6 Å². The summed E-state index contributed by atoms with van der Waals surface area (Å²) in [6, 6.07) is 17.2. The van der Waals surface area contributed by atoms with E-state index in [0.717, 1.165) is 5.56 Å². The number of hydrogen-bond donors (Lipinski definition) is 0. The van der Waals surface area contributed by atoms with E-state index in [2.05, 4.69) is 0 Å². The van der Waals surface area contributed by atoms with Crippen LogP contribution in [0.3, 0.4) is 0 Å². The van der Waals surface area contributed by atoms with Crippen LogP contribution in [0.2, 0.25) is 5.02 Å². The predicted molar refractivity (Wildman–Crippen MR) is 85.3 cm³/mol. The van der Waals surface area contributed by atoms with Crippen molar-refractivity contribution in [1.82, 2.24) is 0 Å². The van der Waals surface area contributed by atoms with Crippen LogP contribution in [0.25, 0.3) is 0 Å². The standard InChI is InChI=1S/C18H13ClO5.Na/c19-13-6-7-14(22-11-12-4-2-1-3-5-12)16(10-13)24-17-9-8-15(23-17)18(20)21;/h1-10H,11H2,(H,20,21);/q;+1/p-1. The Morgan fingerprint density at radius 3 is 2.48 bits per heavy atom. The molecule has 0 fully saturated rings. The molecule has 0 spiro atoms. The van der Waals surface area contributed by atoms with Crippen LogP contribution in [-0.2, 0) is 6.61 Å². The Hall–Kier alpha value is -1.92. The molecule has 1 heterocycles.